The number of carbonyl (C=O) groups is 2. The Hall–Kier alpha value is -3.76. The summed E-state index contributed by atoms with van der Waals surface area (Å²) in [7, 11) is -3.87. The first kappa shape index (κ1) is 23.4. The van der Waals surface area contributed by atoms with Crippen molar-refractivity contribution in [3.8, 4) is 6.07 Å². The zero-order chi connectivity index (χ0) is 24.3. The van der Waals surface area contributed by atoms with E-state index in [9.17, 15) is 18.0 Å². The van der Waals surface area contributed by atoms with E-state index in [-0.39, 0.29) is 12.8 Å². The molecule has 0 aliphatic carbocycles. The average Bonchev–Trinajstić information content (AvgIpc) is 3.11. The Morgan fingerprint density at radius 2 is 1.41 bits per heavy atom. The van der Waals surface area contributed by atoms with Crippen LogP contribution in [0.5, 0.6) is 0 Å². The molecule has 0 aliphatic rings. The van der Waals surface area contributed by atoms with Crippen LogP contribution in [-0.4, -0.2) is 36.1 Å². The number of aryl methyl sites for hydroxylation is 1. The summed E-state index contributed by atoms with van der Waals surface area (Å²) in [6, 6.07) is 22.2. The zero-order valence-electron chi connectivity index (χ0n) is 18.8. The summed E-state index contributed by atoms with van der Waals surface area (Å²) >= 11 is 0. The number of benzene rings is 3. The summed E-state index contributed by atoms with van der Waals surface area (Å²) in [5.74, 6) is -2.26. The summed E-state index contributed by atoms with van der Waals surface area (Å²) in [4.78, 5) is 24.8. The van der Waals surface area contributed by atoms with Gasteiger partial charge in [0.25, 0.3) is 0 Å². The van der Waals surface area contributed by atoms with Crippen molar-refractivity contribution in [3.05, 3.63) is 83.4 Å². The number of nitriles is 1. The molecule has 0 aliphatic heterocycles. The third-order valence-corrected chi connectivity index (χ3v) is 7.32. The van der Waals surface area contributed by atoms with Gasteiger partial charge >= 0.3 is 0 Å². The molecule has 0 unspecified atom stereocenters. The van der Waals surface area contributed by atoms with Crippen molar-refractivity contribution < 1.29 is 18.0 Å². The fourth-order valence-corrected chi connectivity index (χ4v) is 5.63. The van der Waals surface area contributed by atoms with Gasteiger partial charge in [0.05, 0.1) is 11.6 Å². The molecule has 1 aromatic heterocycles. The third kappa shape index (κ3) is 5.08. The van der Waals surface area contributed by atoms with Crippen LogP contribution in [0.1, 0.15) is 23.6 Å². The summed E-state index contributed by atoms with van der Waals surface area (Å²) in [6.07, 6.45) is -0.0676. The van der Waals surface area contributed by atoms with Crippen molar-refractivity contribution in [2.24, 2.45) is 0 Å². The quantitative estimate of drug-likeness (QED) is 0.366. The van der Waals surface area contributed by atoms with Gasteiger partial charge in [-0.3, -0.25) is 9.59 Å². The Labute approximate surface area is 198 Å². The molecule has 0 amide bonds. The zero-order valence-corrected chi connectivity index (χ0v) is 19.6. The van der Waals surface area contributed by atoms with Crippen LogP contribution in [0.2, 0.25) is 0 Å². The lowest BCUT2D eigenvalue weighted by Gasteiger charge is -2.06. The topological polar surface area (TPSA) is 97.0 Å². The second-order valence-corrected chi connectivity index (χ2v) is 10.4. The monoisotopic (exact) mass is 472 g/mol. The van der Waals surface area contributed by atoms with Crippen LogP contribution < -0.4 is 0 Å². The number of para-hydroxylation sites is 1. The van der Waals surface area contributed by atoms with Gasteiger partial charge in [-0.15, -0.1) is 0 Å². The van der Waals surface area contributed by atoms with Crippen molar-refractivity contribution in [1.82, 2.24) is 4.57 Å². The van der Waals surface area contributed by atoms with Crippen LogP contribution in [0.15, 0.2) is 66.7 Å². The summed E-state index contributed by atoms with van der Waals surface area (Å²) in [6.45, 7) is 2.90. The number of ketones is 2. The maximum absolute atomic E-state index is 12.6. The van der Waals surface area contributed by atoms with Crippen LogP contribution >= 0.6 is 0 Å². The van der Waals surface area contributed by atoms with Gasteiger partial charge in [-0.1, -0.05) is 36.4 Å². The molecule has 4 rings (SSSR count). The van der Waals surface area contributed by atoms with E-state index in [0.717, 1.165) is 33.9 Å². The molecule has 0 N–H and O–H groups in total. The number of rotatable bonds is 9. The fourth-order valence-electron chi connectivity index (χ4n) is 4.35. The molecule has 34 heavy (non-hydrogen) atoms. The Bertz CT molecular complexity index is 1540. The molecule has 7 heteroatoms. The summed E-state index contributed by atoms with van der Waals surface area (Å²) < 4.78 is 27.2. The van der Waals surface area contributed by atoms with E-state index >= 15 is 0 Å². The number of hydrogen-bond donors (Lipinski definition) is 0. The van der Waals surface area contributed by atoms with Gasteiger partial charge in [0.2, 0.25) is 0 Å². The van der Waals surface area contributed by atoms with E-state index in [1.54, 1.807) is 24.3 Å². The van der Waals surface area contributed by atoms with E-state index in [0.29, 0.717) is 11.1 Å². The molecule has 0 bridgehead atoms. The maximum atomic E-state index is 12.6. The Balaban J connectivity index is 1.43. The molecule has 0 saturated carbocycles. The molecule has 0 atom stereocenters. The second-order valence-electron chi connectivity index (χ2n) is 8.38. The maximum Gasteiger partial charge on any atom is 0.164 e. The fraction of sp³-hybridized carbons (Fsp3) is 0.222. The van der Waals surface area contributed by atoms with E-state index < -0.39 is 32.9 Å². The van der Waals surface area contributed by atoms with Gasteiger partial charge in [-0.2, -0.15) is 5.26 Å². The first-order chi connectivity index (χ1) is 16.3. The highest BCUT2D eigenvalue weighted by Gasteiger charge is 2.21. The van der Waals surface area contributed by atoms with E-state index in [4.69, 9.17) is 5.26 Å². The molecule has 0 radical (unpaired) electrons. The number of Topliss-reactive ketones (excluding diaryl/α,β-unsaturated/α-hetero) is 2. The number of nitrogens with zero attached hydrogens (tertiary/aromatic N) is 2. The van der Waals surface area contributed by atoms with Gasteiger partial charge < -0.3 is 4.57 Å². The first-order valence-electron chi connectivity index (χ1n) is 11.0. The van der Waals surface area contributed by atoms with Gasteiger partial charge in [-0.25, -0.2) is 8.42 Å². The highest BCUT2D eigenvalue weighted by Crippen LogP contribution is 2.29. The number of carbonyl (C=O) groups excluding carboxylic acids is 2. The standard InChI is InChI=1S/C27H24N2O4S/c1-2-29-26-6-4-3-5-24(26)25-15-21(11-12-27(25)29)14-23(31)18-34(32,33)17-22(30)13-19-7-9-20(16-28)10-8-19/h3-12,15H,2,13-14,17-18H2,1H3. The number of sulfone groups is 1. The molecular formula is C27H24N2O4S. The molecular weight excluding hydrogens is 448 g/mol. The molecule has 6 nitrogen and oxygen atoms in total. The number of fused-ring (bicyclic) bond motifs is 3. The largest absolute Gasteiger partial charge is 0.341 e. The second kappa shape index (κ2) is 9.62. The molecule has 4 aromatic rings. The average molecular weight is 473 g/mol. The predicted octanol–water partition coefficient (Wildman–Crippen LogP) is 4.02. The Morgan fingerprint density at radius 1 is 0.824 bits per heavy atom. The van der Waals surface area contributed by atoms with Crippen molar-refractivity contribution in [1.29, 1.82) is 5.26 Å². The molecule has 172 valence electrons. The van der Waals surface area contributed by atoms with Gasteiger partial charge in [-0.05, 0) is 48.4 Å². The number of aromatic nitrogens is 1. The van der Waals surface area contributed by atoms with Crippen molar-refractivity contribution in [2.45, 2.75) is 26.3 Å². The van der Waals surface area contributed by atoms with Crippen molar-refractivity contribution >= 4 is 43.2 Å². The lowest BCUT2D eigenvalue weighted by atomic mass is 10.1. The van der Waals surface area contributed by atoms with Crippen LogP contribution in [0.4, 0.5) is 0 Å². The van der Waals surface area contributed by atoms with Crippen LogP contribution in [0.25, 0.3) is 21.8 Å². The normalized spacial score (nSPS) is 11.5. The minimum absolute atomic E-state index is 0.00931. The van der Waals surface area contributed by atoms with Gasteiger partial charge in [0, 0.05) is 41.2 Å². The smallest absolute Gasteiger partial charge is 0.164 e. The SMILES string of the molecule is CCn1c2ccccc2c2cc(CC(=O)CS(=O)(=O)CC(=O)Cc3ccc(C#N)cc3)ccc21. The first-order valence-corrected chi connectivity index (χ1v) is 12.8. The van der Waals surface area contributed by atoms with E-state index in [1.807, 2.05) is 42.5 Å². The van der Waals surface area contributed by atoms with Crippen molar-refractivity contribution in [3.63, 3.8) is 0 Å². The lowest BCUT2D eigenvalue weighted by molar-refractivity contribution is -0.116. The highest BCUT2D eigenvalue weighted by atomic mass is 32.2. The predicted molar refractivity (Wildman–Crippen MR) is 132 cm³/mol. The molecule has 1 heterocycles. The molecule has 0 saturated heterocycles. The Kier molecular flexibility index (Phi) is 6.62. The minimum atomic E-state index is -3.87. The van der Waals surface area contributed by atoms with Crippen molar-refractivity contribution in [2.75, 3.05) is 11.5 Å². The molecule has 0 fully saturated rings. The summed E-state index contributed by atoms with van der Waals surface area (Å²) in [5, 5.41) is 11.0. The highest BCUT2D eigenvalue weighted by molar-refractivity contribution is 7.92. The molecule has 0 spiro atoms. The third-order valence-electron chi connectivity index (χ3n) is 5.80. The van der Waals surface area contributed by atoms with Crippen LogP contribution in [0, 0.1) is 11.3 Å². The Morgan fingerprint density at radius 3 is 2.06 bits per heavy atom. The summed E-state index contributed by atoms with van der Waals surface area (Å²) in [5.41, 5.74) is 4.03. The van der Waals surface area contributed by atoms with Crippen LogP contribution in [0.3, 0.4) is 0 Å². The minimum Gasteiger partial charge on any atom is -0.341 e. The van der Waals surface area contributed by atoms with Crippen LogP contribution in [-0.2, 0) is 38.8 Å². The molecule has 3 aromatic carbocycles. The van der Waals surface area contributed by atoms with E-state index in [1.165, 1.54) is 0 Å². The number of hydrogen-bond acceptors (Lipinski definition) is 5. The van der Waals surface area contributed by atoms with Gasteiger partial charge in [0.15, 0.2) is 21.4 Å². The van der Waals surface area contributed by atoms with E-state index in [2.05, 4.69) is 17.6 Å². The van der Waals surface area contributed by atoms with Gasteiger partial charge in [0.1, 0.15) is 11.5 Å². The lowest BCUT2D eigenvalue weighted by Crippen LogP contribution is -2.25.